The molecule has 0 spiro atoms. The number of hydrogen-bond acceptors (Lipinski definition) is 6. The molecule has 1 unspecified atom stereocenters. The van der Waals surface area contributed by atoms with Crippen LogP contribution in [-0.4, -0.2) is 20.2 Å². The molecule has 1 aromatic carbocycles. The van der Waals surface area contributed by atoms with Crippen molar-refractivity contribution >= 4 is 0 Å². The average Bonchev–Trinajstić information content (AvgIpc) is 3.08. The molecule has 0 N–H and O–H groups in total. The number of alkyl halides is 2. The summed E-state index contributed by atoms with van der Waals surface area (Å²) in [4.78, 5) is 7.72. The second-order valence-electron chi connectivity index (χ2n) is 4.93. The molecular weight excluding hydrogens is 344 g/mol. The molecule has 3 rings (SSSR count). The third kappa shape index (κ3) is 3.73. The van der Waals surface area contributed by atoms with Gasteiger partial charge in [-0.1, -0.05) is 0 Å². The summed E-state index contributed by atoms with van der Waals surface area (Å²) in [6, 6.07) is 2.88. The van der Waals surface area contributed by atoms with Crippen molar-refractivity contribution < 1.29 is 26.7 Å². The van der Waals surface area contributed by atoms with Gasteiger partial charge in [0, 0.05) is 18.0 Å². The number of aromatic nitrogens is 4. The Morgan fingerprint density at radius 2 is 1.80 bits per heavy atom. The highest BCUT2D eigenvalue weighted by molar-refractivity contribution is 5.49. The van der Waals surface area contributed by atoms with Crippen LogP contribution in [0.1, 0.15) is 30.9 Å². The minimum Gasteiger partial charge on any atom is -0.455 e. The summed E-state index contributed by atoms with van der Waals surface area (Å²) in [6.07, 6.45) is -1.29. The van der Waals surface area contributed by atoms with Crippen LogP contribution in [0.5, 0.6) is 6.01 Å². The summed E-state index contributed by atoms with van der Waals surface area (Å²) in [7, 11) is 0. The van der Waals surface area contributed by atoms with E-state index in [1.165, 1.54) is 19.3 Å². The van der Waals surface area contributed by atoms with E-state index < -0.39 is 30.1 Å². The van der Waals surface area contributed by atoms with Gasteiger partial charge in [0.1, 0.15) is 17.7 Å². The van der Waals surface area contributed by atoms with E-state index in [0.717, 1.165) is 18.2 Å². The highest BCUT2D eigenvalue weighted by Crippen LogP contribution is 2.25. The monoisotopic (exact) mass is 354 g/mol. The van der Waals surface area contributed by atoms with Crippen LogP contribution in [0.4, 0.5) is 17.6 Å². The molecule has 0 aliphatic heterocycles. The Morgan fingerprint density at radius 3 is 2.44 bits per heavy atom. The summed E-state index contributed by atoms with van der Waals surface area (Å²) in [6.45, 7) is 1.50. The highest BCUT2D eigenvalue weighted by atomic mass is 19.3. The molecule has 0 fully saturated rings. The van der Waals surface area contributed by atoms with Gasteiger partial charge in [-0.15, -0.1) is 10.2 Å². The number of halogens is 4. The smallest absolute Gasteiger partial charge is 0.316 e. The molecule has 0 saturated carbocycles. The molecule has 0 aliphatic carbocycles. The van der Waals surface area contributed by atoms with Crippen molar-refractivity contribution in [2.24, 2.45) is 0 Å². The van der Waals surface area contributed by atoms with Crippen LogP contribution in [0.3, 0.4) is 0 Å². The molecule has 130 valence electrons. The van der Waals surface area contributed by atoms with Gasteiger partial charge in [0.15, 0.2) is 0 Å². The SMILES string of the molecule is CC(Oc1ncc(-c2nnc(C(F)F)o2)cn1)c1cc(F)ccc1F. The van der Waals surface area contributed by atoms with Crippen LogP contribution in [-0.2, 0) is 0 Å². The maximum atomic E-state index is 13.7. The summed E-state index contributed by atoms with van der Waals surface area (Å²) in [5.41, 5.74) is 0.211. The molecule has 0 bridgehead atoms. The van der Waals surface area contributed by atoms with E-state index in [1.807, 2.05) is 0 Å². The lowest BCUT2D eigenvalue weighted by Crippen LogP contribution is -2.08. The topological polar surface area (TPSA) is 73.9 Å². The van der Waals surface area contributed by atoms with Gasteiger partial charge in [-0.05, 0) is 25.1 Å². The van der Waals surface area contributed by atoms with E-state index in [4.69, 9.17) is 9.15 Å². The molecule has 0 amide bonds. The van der Waals surface area contributed by atoms with Crippen LogP contribution in [0, 0.1) is 11.6 Å². The van der Waals surface area contributed by atoms with Gasteiger partial charge in [-0.2, -0.15) is 8.78 Å². The number of hydrogen-bond donors (Lipinski definition) is 0. The standard InChI is InChI=1S/C15H10F4N4O2/c1-7(10-4-9(16)2-3-11(10)17)24-15-20-5-8(6-21-15)13-22-23-14(25-13)12(18)19/h2-7,12H,1H3. The fourth-order valence-electron chi connectivity index (χ4n) is 1.97. The van der Waals surface area contributed by atoms with Gasteiger partial charge >= 0.3 is 12.4 Å². The van der Waals surface area contributed by atoms with Gasteiger partial charge < -0.3 is 9.15 Å². The van der Waals surface area contributed by atoms with Crippen molar-refractivity contribution in [2.45, 2.75) is 19.5 Å². The fourth-order valence-corrected chi connectivity index (χ4v) is 1.97. The maximum Gasteiger partial charge on any atom is 0.316 e. The van der Waals surface area contributed by atoms with E-state index in [2.05, 4.69) is 20.2 Å². The lowest BCUT2D eigenvalue weighted by Gasteiger charge is -2.14. The van der Waals surface area contributed by atoms with E-state index in [-0.39, 0.29) is 23.0 Å². The third-order valence-corrected chi connectivity index (χ3v) is 3.18. The molecule has 10 heteroatoms. The van der Waals surface area contributed by atoms with E-state index >= 15 is 0 Å². The maximum absolute atomic E-state index is 13.7. The van der Waals surface area contributed by atoms with Crippen molar-refractivity contribution in [2.75, 3.05) is 0 Å². The Bertz CT molecular complexity index is 870. The van der Waals surface area contributed by atoms with Gasteiger partial charge in [0.05, 0.1) is 5.56 Å². The van der Waals surface area contributed by atoms with Crippen molar-refractivity contribution in [1.29, 1.82) is 0 Å². The van der Waals surface area contributed by atoms with Crippen molar-refractivity contribution in [3.8, 4) is 17.5 Å². The zero-order valence-electron chi connectivity index (χ0n) is 12.7. The Labute approximate surface area is 138 Å². The minimum absolute atomic E-state index is 0.00570. The first kappa shape index (κ1) is 16.8. The van der Waals surface area contributed by atoms with Crippen molar-refractivity contribution in [3.05, 3.63) is 53.7 Å². The lowest BCUT2D eigenvalue weighted by atomic mass is 10.1. The number of rotatable bonds is 5. The Hall–Kier alpha value is -3.04. The third-order valence-electron chi connectivity index (χ3n) is 3.18. The van der Waals surface area contributed by atoms with Gasteiger partial charge in [0.25, 0.3) is 11.8 Å². The molecule has 0 saturated heterocycles. The van der Waals surface area contributed by atoms with E-state index in [0.29, 0.717) is 0 Å². The zero-order valence-corrected chi connectivity index (χ0v) is 12.7. The van der Waals surface area contributed by atoms with Crippen LogP contribution < -0.4 is 4.74 Å². The zero-order chi connectivity index (χ0) is 18.0. The summed E-state index contributed by atoms with van der Waals surface area (Å²) in [5, 5.41) is 6.65. The average molecular weight is 354 g/mol. The largest absolute Gasteiger partial charge is 0.455 e. The fraction of sp³-hybridized carbons (Fsp3) is 0.200. The second-order valence-corrected chi connectivity index (χ2v) is 4.93. The highest BCUT2D eigenvalue weighted by Gasteiger charge is 2.18. The van der Waals surface area contributed by atoms with Gasteiger partial charge in [0.2, 0.25) is 0 Å². The summed E-state index contributed by atoms with van der Waals surface area (Å²) >= 11 is 0. The van der Waals surface area contributed by atoms with Gasteiger partial charge in [-0.3, -0.25) is 0 Å². The number of benzene rings is 1. The Kier molecular flexibility index (Phi) is 4.59. The van der Waals surface area contributed by atoms with Crippen molar-refractivity contribution in [1.82, 2.24) is 20.2 Å². The van der Waals surface area contributed by atoms with Crippen molar-refractivity contribution in [3.63, 3.8) is 0 Å². The number of ether oxygens (including phenoxy) is 1. The first-order chi connectivity index (χ1) is 11.9. The summed E-state index contributed by atoms with van der Waals surface area (Å²) in [5.74, 6) is -2.22. The van der Waals surface area contributed by atoms with E-state index in [9.17, 15) is 17.6 Å². The van der Waals surface area contributed by atoms with Gasteiger partial charge in [-0.25, -0.2) is 18.7 Å². The second kappa shape index (κ2) is 6.83. The summed E-state index contributed by atoms with van der Waals surface area (Å²) < 4.78 is 61.9. The predicted molar refractivity (Wildman–Crippen MR) is 75.7 cm³/mol. The molecule has 1 atom stereocenters. The predicted octanol–water partition coefficient (Wildman–Crippen LogP) is 3.88. The molecule has 25 heavy (non-hydrogen) atoms. The number of nitrogens with zero attached hydrogens (tertiary/aromatic N) is 4. The van der Waals surface area contributed by atoms with Crippen LogP contribution in [0.15, 0.2) is 35.0 Å². The molecule has 6 nitrogen and oxygen atoms in total. The lowest BCUT2D eigenvalue weighted by molar-refractivity contribution is 0.116. The minimum atomic E-state index is -2.88. The molecule has 3 aromatic rings. The quantitative estimate of drug-likeness (QED) is 0.648. The molecule has 0 aliphatic rings. The van der Waals surface area contributed by atoms with Crippen LogP contribution in [0.2, 0.25) is 0 Å². The first-order valence-corrected chi connectivity index (χ1v) is 6.99. The normalized spacial score (nSPS) is 12.4. The first-order valence-electron chi connectivity index (χ1n) is 6.99. The molecule has 2 aromatic heterocycles. The van der Waals surface area contributed by atoms with Crippen LogP contribution >= 0.6 is 0 Å². The molecule has 2 heterocycles. The van der Waals surface area contributed by atoms with E-state index in [1.54, 1.807) is 0 Å². The molecule has 0 radical (unpaired) electrons. The van der Waals surface area contributed by atoms with Crippen LogP contribution in [0.25, 0.3) is 11.5 Å². The Morgan fingerprint density at radius 1 is 1.08 bits per heavy atom. The molecular formula is C15H10F4N4O2. The Balaban J connectivity index is 1.74.